The second-order valence-electron chi connectivity index (χ2n) is 3.81. The summed E-state index contributed by atoms with van der Waals surface area (Å²) in [6.07, 6.45) is 0. The van der Waals surface area contributed by atoms with Gasteiger partial charge in [0.25, 0.3) is 0 Å². The molecule has 1 heterocycles. The van der Waals surface area contributed by atoms with Crippen LogP contribution in [0.4, 0.5) is 0 Å². The first kappa shape index (κ1) is 11.1. The third-order valence-corrected chi connectivity index (χ3v) is 2.27. The van der Waals surface area contributed by atoms with Crippen molar-refractivity contribution in [2.45, 2.75) is 32.3 Å². The smallest absolute Gasteiger partial charge is 0.230 e. The van der Waals surface area contributed by atoms with Crippen LogP contribution in [0.25, 0.3) is 0 Å². The van der Waals surface area contributed by atoms with Gasteiger partial charge >= 0.3 is 0 Å². The van der Waals surface area contributed by atoms with Gasteiger partial charge in [-0.3, -0.25) is 0 Å². The van der Waals surface area contributed by atoms with Crippen molar-refractivity contribution in [2.24, 2.45) is 5.73 Å². The highest BCUT2D eigenvalue weighted by molar-refractivity contribution is 5.00. The van der Waals surface area contributed by atoms with E-state index < -0.39 is 5.60 Å². The minimum absolute atomic E-state index is 0.0870. The molecule has 2 N–H and O–H groups in total. The molecular weight excluding hydrogens is 182 g/mol. The van der Waals surface area contributed by atoms with Crippen molar-refractivity contribution in [3.8, 4) is 0 Å². The fourth-order valence-corrected chi connectivity index (χ4v) is 0.872. The van der Waals surface area contributed by atoms with Crippen LogP contribution in [0.5, 0.6) is 0 Å². The van der Waals surface area contributed by atoms with Gasteiger partial charge in [0.05, 0.1) is 0 Å². The van der Waals surface area contributed by atoms with E-state index >= 15 is 0 Å². The van der Waals surface area contributed by atoms with Crippen LogP contribution in [0, 0.1) is 0 Å². The number of aromatic nitrogens is 2. The Hall–Kier alpha value is -0.940. The Labute approximate surface area is 83.6 Å². The molecule has 0 aromatic carbocycles. The lowest BCUT2D eigenvalue weighted by Crippen LogP contribution is -2.21. The minimum atomic E-state index is -0.518. The molecule has 0 bridgehead atoms. The van der Waals surface area contributed by atoms with E-state index in [1.54, 1.807) is 7.11 Å². The molecule has 5 heteroatoms. The summed E-state index contributed by atoms with van der Waals surface area (Å²) in [7, 11) is 1.61. The Bertz CT molecular complexity index is 296. The van der Waals surface area contributed by atoms with Crippen LogP contribution in [0.1, 0.15) is 38.4 Å². The SMILES string of the molecule is COC(C)(C)c1noc(C(C)CN)n1. The highest BCUT2D eigenvalue weighted by atomic mass is 16.5. The number of nitrogens with two attached hydrogens (primary N) is 1. The lowest BCUT2D eigenvalue weighted by Gasteiger charge is -2.17. The van der Waals surface area contributed by atoms with Crippen LogP contribution in [0.3, 0.4) is 0 Å². The summed E-state index contributed by atoms with van der Waals surface area (Å²) in [4.78, 5) is 4.24. The first-order chi connectivity index (χ1) is 6.51. The van der Waals surface area contributed by atoms with Crippen LogP contribution in [-0.4, -0.2) is 23.8 Å². The largest absolute Gasteiger partial charge is 0.371 e. The standard InChI is InChI=1S/C9H17N3O2/c1-6(5-10)7-11-8(12-14-7)9(2,3)13-4/h6H,5,10H2,1-4H3. The van der Waals surface area contributed by atoms with E-state index in [-0.39, 0.29) is 5.92 Å². The number of methoxy groups -OCH3 is 1. The Morgan fingerprint density at radius 2 is 2.21 bits per heavy atom. The molecule has 1 aromatic heterocycles. The van der Waals surface area contributed by atoms with Crippen LogP contribution in [-0.2, 0) is 10.3 Å². The zero-order valence-corrected chi connectivity index (χ0v) is 9.07. The van der Waals surface area contributed by atoms with Gasteiger partial charge in [0.15, 0.2) is 0 Å². The normalized spacial score (nSPS) is 14.4. The number of rotatable bonds is 4. The van der Waals surface area contributed by atoms with Gasteiger partial charge in [-0.2, -0.15) is 4.98 Å². The third kappa shape index (κ3) is 2.10. The molecule has 0 spiro atoms. The zero-order valence-electron chi connectivity index (χ0n) is 9.07. The molecule has 5 nitrogen and oxygen atoms in total. The van der Waals surface area contributed by atoms with Crippen LogP contribution < -0.4 is 5.73 Å². The number of ether oxygens (including phenoxy) is 1. The van der Waals surface area contributed by atoms with E-state index in [0.29, 0.717) is 18.3 Å². The second-order valence-corrected chi connectivity index (χ2v) is 3.81. The average molecular weight is 199 g/mol. The predicted octanol–water partition coefficient (Wildman–Crippen LogP) is 1.01. The summed E-state index contributed by atoms with van der Waals surface area (Å²) >= 11 is 0. The molecule has 1 rings (SSSR count). The summed E-state index contributed by atoms with van der Waals surface area (Å²) in [6, 6.07) is 0. The Kier molecular flexibility index (Phi) is 3.23. The predicted molar refractivity (Wildman–Crippen MR) is 51.8 cm³/mol. The van der Waals surface area contributed by atoms with Gasteiger partial charge in [-0.25, -0.2) is 0 Å². The van der Waals surface area contributed by atoms with E-state index in [0.717, 1.165) is 0 Å². The van der Waals surface area contributed by atoms with Crippen molar-refractivity contribution < 1.29 is 9.26 Å². The monoisotopic (exact) mass is 199 g/mol. The van der Waals surface area contributed by atoms with E-state index in [1.165, 1.54) is 0 Å². The average Bonchev–Trinajstić information content (AvgIpc) is 2.66. The van der Waals surface area contributed by atoms with Crippen molar-refractivity contribution in [1.82, 2.24) is 10.1 Å². The molecule has 0 amide bonds. The third-order valence-electron chi connectivity index (χ3n) is 2.27. The molecule has 0 radical (unpaired) electrons. The second kappa shape index (κ2) is 4.06. The molecule has 0 saturated carbocycles. The van der Waals surface area contributed by atoms with Gasteiger partial charge in [-0.05, 0) is 13.8 Å². The van der Waals surface area contributed by atoms with E-state index in [2.05, 4.69) is 10.1 Å². The van der Waals surface area contributed by atoms with Gasteiger partial charge in [-0.1, -0.05) is 12.1 Å². The van der Waals surface area contributed by atoms with Gasteiger partial charge in [0.2, 0.25) is 11.7 Å². The summed E-state index contributed by atoms with van der Waals surface area (Å²) in [6.45, 7) is 6.20. The number of hydrogen-bond acceptors (Lipinski definition) is 5. The van der Waals surface area contributed by atoms with Gasteiger partial charge in [-0.15, -0.1) is 0 Å². The van der Waals surface area contributed by atoms with Crippen molar-refractivity contribution in [3.63, 3.8) is 0 Å². The maximum atomic E-state index is 5.50. The molecule has 1 unspecified atom stereocenters. The maximum Gasteiger partial charge on any atom is 0.230 e. The Morgan fingerprint density at radius 1 is 1.57 bits per heavy atom. The first-order valence-electron chi connectivity index (χ1n) is 4.60. The van der Waals surface area contributed by atoms with E-state index in [1.807, 2.05) is 20.8 Å². The Morgan fingerprint density at radius 3 is 2.71 bits per heavy atom. The van der Waals surface area contributed by atoms with Crippen molar-refractivity contribution in [3.05, 3.63) is 11.7 Å². The zero-order chi connectivity index (χ0) is 10.8. The fraction of sp³-hybridized carbons (Fsp3) is 0.778. The summed E-state index contributed by atoms with van der Waals surface area (Å²) in [5, 5.41) is 3.86. The summed E-state index contributed by atoms with van der Waals surface area (Å²) in [5.41, 5.74) is 4.98. The molecule has 80 valence electrons. The molecule has 1 aromatic rings. The number of hydrogen-bond donors (Lipinski definition) is 1. The molecule has 1 atom stereocenters. The molecule has 0 aliphatic carbocycles. The molecule has 0 saturated heterocycles. The van der Waals surface area contributed by atoms with Crippen molar-refractivity contribution in [1.29, 1.82) is 0 Å². The molecular formula is C9H17N3O2. The van der Waals surface area contributed by atoms with Crippen molar-refractivity contribution in [2.75, 3.05) is 13.7 Å². The van der Waals surface area contributed by atoms with Gasteiger partial charge < -0.3 is 15.0 Å². The highest BCUT2D eigenvalue weighted by Gasteiger charge is 2.27. The molecule has 0 aliphatic rings. The Balaban J connectivity index is 2.88. The molecule has 0 aliphatic heterocycles. The van der Waals surface area contributed by atoms with Crippen molar-refractivity contribution >= 4 is 0 Å². The van der Waals surface area contributed by atoms with Gasteiger partial charge in [0, 0.05) is 19.6 Å². The quantitative estimate of drug-likeness (QED) is 0.783. The van der Waals surface area contributed by atoms with E-state index in [4.69, 9.17) is 15.0 Å². The highest BCUT2D eigenvalue weighted by Crippen LogP contribution is 2.22. The maximum absolute atomic E-state index is 5.50. The summed E-state index contributed by atoms with van der Waals surface area (Å²) < 4.78 is 10.3. The first-order valence-corrected chi connectivity index (χ1v) is 4.60. The fourth-order valence-electron chi connectivity index (χ4n) is 0.872. The molecule has 14 heavy (non-hydrogen) atoms. The topological polar surface area (TPSA) is 74.2 Å². The lowest BCUT2D eigenvalue weighted by molar-refractivity contribution is 0.00973. The lowest BCUT2D eigenvalue weighted by atomic mass is 10.1. The minimum Gasteiger partial charge on any atom is -0.371 e. The summed E-state index contributed by atoms with van der Waals surface area (Å²) in [5.74, 6) is 1.20. The van der Waals surface area contributed by atoms with E-state index in [9.17, 15) is 0 Å². The van der Waals surface area contributed by atoms with Crippen LogP contribution in [0.15, 0.2) is 4.52 Å². The van der Waals surface area contributed by atoms with Gasteiger partial charge in [0.1, 0.15) is 5.60 Å². The molecule has 0 fully saturated rings. The number of nitrogens with zero attached hydrogens (tertiary/aromatic N) is 2. The van der Waals surface area contributed by atoms with Crippen LogP contribution >= 0.6 is 0 Å². The van der Waals surface area contributed by atoms with Crippen LogP contribution in [0.2, 0.25) is 0 Å².